The van der Waals surface area contributed by atoms with Crippen molar-refractivity contribution in [1.82, 2.24) is 10.6 Å². The van der Waals surface area contributed by atoms with E-state index in [2.05, 4.69) is 17.6 Å². The Hall–Kier alpha value is -0.610. The summed E-state index contributed by atoms with van der Waals surface area (Å²) in [5.74, 6) is 0.854. The van der Waals surface area contributed by atoms with Gasteiger partial charge < -0.3 is 15.4 Å². The number of carbonyl (C=O) groups is 1. The molecular weight excluding hydrogens is 216 g/mol. The molecule has 1 aliphatic heterocycles. The van der Waals surface area contributed by atoms with Gasteiger partial charge in [-0.3, -0.25) is 4.79 Å². The van der Waals surface area contributed by atoms with Gasteiger partial charge in [0.1, 0.15) is 0 Å². The minimum Gasteiger partial charge on any atom is -0.385 e. The van der Waals surface area contributed by atoms with E-state index in [0.29, 0.717) is 25.0 Å². The maximum Gasteiger partial charge on any atom is 0.220 e. The van der Waals surface area contributed by atoms with Crippen LogP contribution in [0.5, 0.6) is 0 Å². The van der Waals surface area contributed by atoms with Crippen LogP contribution in [0.1, 0.15) is 39.0 Å². The molecule has 0 aromatic carbocycles. The predicted octanol–water partition coefficient (Wildman–Crippen LogP) is 1.31. The average Bonchev–Trinajstić information content (AvgIpc) is 2.37. The van der Waals surface area contributed by atoms with Crippen molar-refractivity contribution < 1.29 is 9.53 Å². The molecule has 0 bridgehead atoms. The summed E-state index contributed by atoms with van der Waals surface area (Å²) in [6.45, 7) is 4.74. The van der Waals surface area contributed by atoms with Crippen molar-refractivity contribution in [3.63, 3.8) is 0 Å². The molecule has 0 spiro atoms. The number of methoxy groups -OCH3 is 1. The summed E-state index contributed by atoms with van der Waals surface area (Å²) in [6, 6.07) is 0.458. The predicted molar refractivity (Wildman–Crippen MR) is 68.9 cm³/mol. The third kappa shape index (κ3) is 5.50. The summed E-state index contributed by atoms with van der Waals surface area (Å²) >= 11 is 0. The van der Waals surface area contributed by atoms with Gasteiger partial charge in [0.25, 0.3) is 0 Å². The van der Waals surface area contributed by atoms with Crippen LogP contribution in [-0.2, 0) is 9.53 Å². The lowest BCUT2D eigenvalue weighted by molar-refractivity contribution is -0.121. The Labute approximate surface area is 104 Å². The quantitative estimate of drug-likeness (QED) is 0.662. The molecule has 17 heavy (non-hydrogen) atoms. The molecule has 4 heteroatoms. The molecule has 100 valence electrons. The molecule has 0 aromatic heterocycles. The van der Waals surface area contributed by atoms with Crippen LogP contribution in [0.3, 0.4) is 0 Å². The van der Waals surface area contributed by atoms with Crippen LogP contribution in [-0.4, -0.2) is 38.8 Å². The first-order valence-corrected chi connectivity index (χ1v) is 6.77. The van der Waals surface area contributed by atoms with E-state index in [1.165, 1.54) is 19.3 Å². The third-order valence-corrected chi connectivity index (χ3v) is 3.52. The maximum absolute atomic E-state index is 11.6. The summed E-state index contributed by atoms with van der Waals surface area (Å²) in [4.78, 5) is 11.6. The van der Waals surface area contributed by atoms with Crippen LogP contribution >= 0.6 is 0 Å². The number of nitrogens with one attached hydrogen (secondary N) is 2. The van der Waals surface area contributed by atoms with Crippen molar-refractivity contribution in [2.75, 3.05) is 26.8 Å². The molecule has 1 heterocycles. The van der Waals surface area contributed by atoms with E-state index in [0.717, 1.165) is 19.5 Å². The summed E-state index contributed by atoms with van der Waals surface area (Å²) < 4.78 is 4.93. The Bertz CT molecular complexity index is 221. The van der Waals surface area contributed by atoms with E-state index in [1.807, 2.05) is 0 Å². The van der Waals surface area contributed by atoms with Crippen molar-refractivity contribution in [3.8, 4) is 0 Å². The second-order valence-electron chi connectivity index (χ2n) is 4.77. The second kappa shape index (κ2) is 8.48. The van der Waals surface area contributed by atoms with Crippen molar-refractivity contribution in [1.29, 1.82) is 0 Å². The first-order valence-electron chi connectivity index (χ1n) is 6.77. The highest BCUT2D eigenvalue weighted by Crippen LogP contribution is 2.19. The lowest BCUT2D eigenvalue weighted by Crippen LogP contribution is -2.48. The second-order valence-corrected chi connectivity index (χ2v) is 4.77. The van der Waals surface area contributed by atoms with Gasteiger partial charge in [-0.1, -0.05) is 13.3 Å². The number of amides is 1. The van der Waals surface area contributed by atoms with Gasteiger partial charge in [-0.25, -0.2) is 0 Å². The molecule has 0 saturated carbocycles. The van der Waals surface area contributed by atoms with Gasteiger partial charge in [0.2, 0.25) is 5.91 Å². The van der Waals surface area contributed by atoms with Crippen LogP contribution < -0.4 is 10.6 Å². The molecule has 2 N–H and O–H groups in total. The first-order chi connectivity index (χ1) is 8.27. The highest BCUT2D eigenvalue weighted by Gasteiger charge is 2.23. The Morgan fingerprint density at radius 2 is 2.35 bits per heavy atom. The van der Waals surface area contributed by atoms with Crippen LogP contribution in [0.4, 0.5) is 0 Å². The van der Waals surface area contributed by atoms with Crippen molar-refractivity contribution in [3.05, 3.63) is 0 Å². The van der Waals surface area contributed by atoms with E-state index >= 15 is 0 Å². The Morgan fingerprint density at radius 1 is 1.53 bits per heavy atom. The lowest BCUT2D eigenvalue weighted by Gasteiger charge is -2.32. The topological polar surface area (TPSA) is 50.4 Å². The molecule has 1 fully saturated rings. The molecule has 2 atom stereocenters. The fourth-order valence-corrected chi connectivity index (χ4v) is 2.44. The number of hydrogen-bond acceptors (Lipinski definition) is 3. The zero-order chi connectivity index (χ0) is 12.5. The summed E-state index contributed by atoms with van der Waals surface area (Å²) in [5, 5.41) is 6.52. The highest BCUT2D eigenvalue weighted by atomic mass is 16.5. The zero-order valence-electron chi connectivity index (χ0n) is 11.1. The Kier molecular flexibility index (Phi) is 7.21. The standard InChI is InChI=1S/C13H26N2O2/c1-3-11-6-4-8-14-12(11)10-15-13(16)7-5-9-17-2/h11-12,14H,3-10H2,1-2H3,(H,15,16). The van der Waals surface area contributed by atoms with Gasteiger partial charge in [-0.2, -0.15) is 0 Å². The van der Waals surface area contributed by atoms with E-state index in [9.17, 15) is 4.79 Å². The van der Waals surface area contributed by atoms with E-state index < -0.39 is 0 Å². The van der Waals surface area contributed by atoms with Gasteiger partial charge >= 0.3 is 0 Å². The monoisotopic (exact) mass is 242 g/mol. The molecule has 1 saturated heterocycles. The SMILES string of the molecule is CCC1CCCNC1CNC(=O)CCCOC. The van der Waals surface area contributed by atoms with Crippen LogP contribution in [0.15, 0.2) is 0 Å². The van der Waals surface area contributed by atoms with Gasteiger partial charge in [0.05, 0.1) is 0 Å². The number of rotatable bonds is 7. The lowest BCUT2D eigenvalue weighted by atomic mass is 9.88. The molecule has 1 aliphatic rings. The number of carbonyl (C=O) groups excluding carboxylic acids is 1. The number of hydrogen-bond donors (Lipinski definition) is 2. The van der Waals surface area contributed by atoms with Crippen LogP contribution in [0.25, 0.3) is 0 Å². The summed E-state index contributed by atoms with van der Waals surface area (Å²) in [5.41, 5.74) is 0. The highest BCUT2D eigenvalue weighted by molar-refractivity contribution is 5.75. The molecule has 4 nitrogen and oxygen atoms in total. The zero-order valence-corrected chi connectivity index (χ0v) is 11.1. The summed E-state index contributed by atoms with van der Waals surface area (Å²) in [6.07, 6.45) is 5.11. The van der Waals surface area contributed by atoms with Gasteiger partial charge in [-0.05, 0) is 31.7 Å². The fraction of sp³-hybridized carbons (Fsp3) is 0.923. The van der Waals surface area contributed by atoms with Gasteiger partial charge in [-0.15, -0.1) is 0 Å². The van der Waals surface area contributed by atoms with E-state index in [4.69, 9.17) is 4.74 Å². The van der Waals surface area contributed by atoms with Crippen LogP contribution in [0, 0.1) is 5.92 Å². The minimum atomic E-state index is 0.143. The molecular formula is C13H26N2O2. The maximum atomic E-state index is 11.6. The van der Waals surface area contributed by atoms with Gasteiger partial charge in [0, 0.05) is 32.7 Å². The number of ether oxygens (including phenoxy) is 1. The van der Waals surface area contributed by atoms with Crippen molar-refractivity contribution >= 4 is 5.91 Å². The molecule has 1 rings (SSSR count). The minimum absolute atomic E-state index is 0.143. The van der Waals surface area contributed by atoms with Crippen molar-refractivity contribution in [2.24, 2.45) is 5.92 Å². The molecule has 2 unspecified atom stereocenters. The van der Waals surface area contributed by atoms with E-state index in [1.54, 1.807) is 7.11 Å². The van der Waals surface area contributed by atoms with Gasteiger partial charge in [0.15, 0.2) is 0 Å². The number of piperidine rings is 1. The van der Waals surface area contributed by atoms with Crippen molar-refractivity contribution in [2.45, 2.75) is 45.1 Å². The largest absolute Gasteiger partial charge is 0.385 e. The molecule has 1 amide bonds. The third-order valence-electron chi connectivity index (χ3n) is 3.52. The average molecular weight is 242 g/mol. The first kappa shape index (κ1) is 14.5. The normalized spacial score (nSPS) is 24.6. The summed E-state index contributed by atoms with van der Waals surface area (Å²) in [7, 11) is 1.66. The Balaban J connectivity index is 2.17. The molecule has 0 aliphatic carbocycles. The Morgan fingerprint density at radius 3 is 3.06 bits per heavy atom. The van der Waals surface area contributed by atoms with E-state index in [-0.39, 0.29) is 5.91 Å². The molecule has 0 radical (unpaired) electrons. The molecule has 0 aromatic rings. The van der Waals surface area contributed by atoms with Crippen LogP contribution in [0.2, 0.25) is 0 Å². The fourth-order valence-electron chi connectivity index (χ4n) is 2.44. The smallest absolute Gasteiger partial charge is 0.220 e.